The van der Waals surface area contributed by atoms with Gasteiger partial charge in [-0.2, -0.15) is 0 Å². The zero-order valence-electron chi connectivity index (χ0n) is 14.4. The summed E-state index contributed by atoms with van der Waals surface area (Å²) in [5.41, 5.74) is 7.57. The number of pyridine rings is 1. The minimum Gasteiger partial charge on any atom is -0.482 e. The van der Waals surface area contributed by atoms with Crippen molar-refractivity contribution in [1.29, 1.82) is 0 Å². The molecule has 0 aliphatic rings. The van der Waals surface area contributed by atoms with Gasteiger partial charge in [-0.05, 0) is 31.2 Å². The summed E-state index contributed by atoms with van der Waals surface area (Å²) in [6, 6.07) is 15.8. The van der Waals surface area contributed by atoms with E-state index in [4.69, 9.17) is 33.7 Å². The number of carbonyl (C=O) groups is 1. The van der Waals surface area contributed by atoms with Gasteiger partial charge in [-0.1, -0.05) is 47.5 Å². The molecule has 5 nitrogen and oxygen atoms in total. The van der Waals surface area contributed by atoms with Gasteiger partial charge in [-0.3, -0.25) is 4.79 Å². The number of nitrogen functional groups attached to an aromatic ring is 1. The van der Waals surface area contributed by atoms with Gasteiger partial charge in [0.15, 0.2) is 11.6 Å². The lowest BCUT2D eigenvalue weighted by Gasteiger charge is -2.21. The number of amides is 1. The van der Waals surface area contributed by atoms with E-state index in [1.165, 1.54) is 6.20 Å². The van der Waals surface area contributed by atoms with Crippen LogP contribution in [0.1, 0.15) is 28.9 Å². The van der Waals surface area contributed by atoms with Crippen LogP contribution in [0.5, 0.6) is 5.75 Å². The van der Waals surface area contributed by atoms with Gasteiger partial charge in [-0.25, -0.2) is 4.98 Å². The van der Waals surface area contributed by atoms with Crippen LogP contribution in [-0.4, -0.2) is 10.9 Å². The maximum Gasteiger partial charge on any atom is 0.255 e. The van der Waals surface area contributed by atoms with Crippen LogP contribution in [0, 0.1) is 0 Å². The summed E-state index contributed by atoms with van der Waals surface area (Å²) in [5.74, 6) is 0.318. The summed E-state index contributed by atoms with van der Waals surface area (Å²) >= 11 is 12.4. The molecule has 0 radical (unpaired) electrons. The maximum absolute atomic E-state index is 12.5. The summed E-state index contributed by atoms with van der Waals surface area (Å²) in [4.78, 5) is 16.5. The van der Waals surface area contributed by atoms with Gasteiger partial charge in [0.2, 0.25) is 0 Å². The van der Waals surface area contributed by atoms with E-state index in [0.717, 1.165) is 0 Å². The van der Waals surface area contributed by atoms with E-state index in [1.807, 2.05) is 6.07 Å². The lowest BCUT2D eigenvalue weighted by molar-refractivity contribution is 0.102. The molecule has 1 atom stereocenters. The number of benzene rings is 2. The molecule has 3 N–H and O–H groups in total. The third kappa shape index (κ3) is 4.51. The minimum absolute atomic E-state index is 0.216. The van der Waals surface area contributed by atoms with Crippen LogP contribution < -0.4 is 15.8 Å². The molecule has 1 aromatic heterocycles. The molecule has 7 heteroatoms. The van der Waals surface area contributed by atoms with Crippen LogP contribution in [0.25, 0.3) is 0 Å². The molecular weight excluding hydrogens is 385 g/mol. The van der Waals surface area contributed by atoms with Gasteiger partial charge in [0.1, 0.15) is 6.10 Å². The van der Waals surface area contributed by atoms with E-state index in [0.29, 0.717) is 32.6 Å². The van der Waals surface area contributed by atoms with Crippen LogP contribution in [-0.2, 0) is 0 Å². The molecule has 3 aromatic rings. The van der Waals surface area contributed by atoms with Crippen molar-refractivity contribution in [2.75, 3.05) is 11.1 Å². The predicted octanol–water partition coefficient (Wildman–Crippen LogP) is 5.36. The Morgan fingerprint density at radius 2 is 1.89 bits per heavy atom. The lowest BCUT2D eigenvalue weighted by atomic mass is 10.1. The van der Waals surface area contributed by atoms with Crippen LogP contribution >= 0.6 is 23.2 Å². The molecule has 2 aromatic carbocycles. The van der Waals surface area contributed by atoms with Crippen molar-refractivity contribution >= 4 is 40.6 Å². The number of carbonyl (C=O) groups excluding carboxylic acids is 1. The van der Waals surface area contributed by atoms with Gasteiger partial charge in [0, 0.05) is 34.1 Å². The number of anilines is 2. The van der Waals surface area contributed by atoms with Crippen molar-refractivity contribution in [3.05, 3.63) is 82.0 Å². The molecule has 0 spiro atoms. The number of hydrogen-bond acceptors (Lipinski definition) is 4. The molecule has 27 heavy (non-hydrogen) atoms. The molecule has 0 aliphatic heterocycles. The summed E-state index contributed by atoms with van der Waals surface area (Å²) in [5, 5.41) is 3.75. The van der Waals surface area contributed by atoms with Crippen molar-refractivity contribution in [1.82, 2.24) is 4.98 Å². The van der Waals surface area contributed by atoms with Crippen LogP contribution in [0.3, 0.4) is 0 Å². The molecule has 3 rings (SSSR count). The highest BCUT2D eigenvalue weighted by atomic mass is 35.5. The number of halogens is 2. The van der Waals surface area contributed by atoms with E-state index in [1.54, 1.807) is 55.5 Å². The van der Waals surface area contributed by atoms with Crippen molar-refractivity contribution in [2.24, 2.45) is 0 Å². The highest BCUT2D eigenvalue weighted by Crippen LogP contribution is 2.35. The molecule has 0 aliphatic carbocycles. The third-order valence-electron chi connectivity index (χ3n) is 3.90. The molecule has 0 unspecified atom stereocenters. The molecule has 138 valence electrons. The molecular formula is C20H17Cl2N3O2. The van der Waals surface area contributed by atoms with Crippen molar-refractivity contribution in [3.8, 4) is 5.75 Å². The molecule has 0 saturated carbocycles. The third-order valence-corrected chi connectivity index (χ3v) is 4.43. The average Bonchev–Trinajstić information content (AvgIpc) is 2.65. The quantitative estimate of drug-likeness (QED) is 0.602. The monoisotopic (exact) mass is 401 g/mol. The summed E-state index contributed by atoms with van der Waals surface area (Å²) in [7, 11) is 0. The topological polar surface area (TPSA) is 77.2 Å². The summed E-state index contributed by atoms with van der Waals surface area (Å²) in [6.07, 6.45) is 0.933. The first-order valence-electron chi connectivity index (χ1n) is 8.18. The zero-order chi connectivity index (χ0) is 19.4. The number of hydrogen-bond donors (Lipinski definition) is 2. The van der Waals surface area contributed by atoms with E-state index in [-0.39, 0.29) is 11.7 Å². The lowest BCUT2D eigenvalue weighted by Crippen LogP contribution is -2.15. The molecule has 0 bridgehead atoms. The number of nitrogens with one attached hydrogen (secondary N) is 1. The predicted molar refractivity (Wildman–Crippen MR) is 109 cm³/mol. The highest BCUT2D eigenvalue weighted by molar-refractivity contribution is 6.32. The fraction of sp³-hybridized carbons (Fsp3) is 0.100. The zero-order valence-corrected chi connectivity index (χ0v) is 16.0. The van der Waals surface area contributed by atoms with E-state index >= 15 is 0 Å². The second kappa shape index (κ2) is 8.29. The van der Waals surface area contributed by atoms with E-state index in [2.05, 4.69) is 10.3 Å². The standard InChI is InChI=1S/C20H17Cl2N3O2/c1-12(27-17-10-14(21)11-24-19(17)23)18-15(22)8-5-9-16(18)25-20(26)13-6-3-2-4-7-13/h2-12H,1H3,(H2,23,24)(H,25,26)/t12-/m0/s1. The first kappa shape index (κ1) is 19.0. The Bertz CT molecular complexity index is 965. The molecule has 0 fully saturated rings. The Hall–Kier alpha value is -2.76. The first-order valence-corrected chi connectivity index (χ1v) is 8.94. The van der Waals surface area contributed by atoms with Crippen LogP contribution in [0.2, 0.25) is 10.0 Å². The molecule has 1 amide bonds. The second-order valence-corrected chi connectivity index (χ2v) is 6.66. The van der Waals surface area contributed by atoms with Crippen molar-refractivity contribution < 1.29 is 9.53 Å². The minimum atomic E-state index is -0.507. The van der Waals surface area contributed by atoms with Gasteiger partial charge in [0.05, 0.1) is 5.02 Å². The number of aromatic nitrogens is 1. The van der Waals surface area contributed by atoms with Gasteiger partial charge >= 0.3 is 0 Å². The Morgan fingerprint density at radius 1 is 1.15 bits per heavy atom. The van der Waals surface area contributed by atoms with Crippen LogP contribution in [0.15, 0.2) is 60.8 Å². The van der Waals surface area contributed by atoms with E-state index in [9.17, 15) is 4.79 Å². The Morgan fingerprint density at radius 3 is 2.63 bits per heavy atom. The maximum atomic E-state index is 12.5. The number of rotatable bonds is 5. The average molecular weight is 402 g/mol. The number of nitrogens with two attached hydrogens (primary N) is 1. The normalized spacial score (nSPS) is 11.7. The Kier molecular flexibility index (Phi) is 5.84. The largest absolute Gasteiger partial charge is 0.482 e. The Balaban J connectivity index is 1.89. The second-order valence-electron chi connectivity index (χ2n) is 5.82. The van der Waals surface area contributed by atoms with Gasteiger partial charge < -0.3 is 15.8 Å². The highest BCUT2D eigenvalue weighted by Gasteiger charge is 2.19. The SMILES string of the molecule is C[C@H](Oc1cc(Cl)cnc1N)c1c(Cl)cccc1NC(=O)c1ccccc1. The van der Waals surface area contributed by atoms with Gasteiger partial charge in [0.25, 0.3) is 5.91 Å². The van der Waals surface area contributed by atoms with Crippen molar-refractivity contribution in [3.63, 3.8) is 0 Å². The molecule has 0 saturated heterocycles. The van der Waals surface area contributed by atoms with Crippen LogP contribution in [0.4, 0.5) is 11.5 Å². The first-order chi connectivity index (χ1) is 13.0. The smallest absolute Gasteiger partial charge is 0.255 e. The van der Waals surface area contributed by atoms with Gasteiger partial charge in [-0.15, -0.1) is 0 Å². The summed E-state index contributed by atoms with van der Waals surface area (Å²) in [6.45, 7) is 1.81. The number of nitrogens with zero attached hydrogens (tertiary/aromatic N) is 1. The van der Waals surface area contributed by atoms with E-state index < -0.39 is 6.10 Å². The molecule has 1 heterocycles. The summed E-state index contributed by atoms with van der Waals surface area (Å²) < 4.78 is 5.91. The fourth-order valence-electron chi connectivity index (χ4n) is 2.62. The Labute approximate surface area is 167 Å². The fourth-order valence-corrected chi connectivity index (χ4v) is 3.09. The number of ether oxygens (including phenoxy) is 1. The van der Waals surface area contributed by atoms with Crippen molar-refractivity contribution in [2.45, 2.75) is 13.0 Å².